The Bertz CT molecular complexity index is 699. The van der Waals surface area contributed by atoms with E-state index in [-0.39, 0.29) is 5.91 Å². The van der Waals surface area contributed by atoms with Gasteiger partial charge in [-0.05, 0) is 63.7 Å². The minimum absolute atomic E-state index is 0.0520. The van der Waals surface area contributed by atoms with Crippen LogP contribution < -0.4 is 10.6 Å². The molecule has 2 aromatic rings. The maximum atomic E-state index is 12.6. The number of nitrogens with zero attached hydrogens (tertiary/aromatic N) is 1. The van der Waals surface area contributed by atoms with Crippen LogP contribution >= 0.6 is 0 Å². The first-order valence-corrected chi connectivity index (χ1v) is 9.34. The largest absolute Gasteiger partial charge is 0.352 e. The number of aryl methyl sites for hydroxylation is 1. The normalized spacial score (nSPS) is 17.4. The molecule has 1 saturated heterocycles. The molecule has 1 fully saturated rings. The molecule has 4 nitrogen and oxygen atoms in total. The first kappa shape index (κ1) is 17.7. The molecule has 2 N–H and O–H groups in total. The first-order chi connectivity index (χ1) is 12.1. The molecule has 1 atom stereocenters. The second-order valence-corrected chi connectivity index (χ2v) is 7.11. The Morgan fingerprint density at radius 2 is 2.08 bits per heavy atom. The van der Waals surface area contributed by atoms with Gasteiger partial charge >= 0.3 is 0 Å². The van der Waals surface area contributed by atoms with Crippen molar-refractivity contribution in [1.82, 2.24) is 15.2 Å². The standard InChI is InChI=1S/C21H29N3O/c1-16-13-20(17(2)24(16)15-19-7-4-3-5-8-19)21(25)23-12-10-18-9-6-11-22-14-18/h3-5,7-8,13,18,22H,6,9-12,14-15H2,1-2H3,(H,23,25). The van der Waals surface area contributed by atoms with E-state index < -0.39 is 0 Å². The average molecular weight is 339 g/mol. The number of aromatic nitrogens is 1. The molecule has 1 aromatic heterocycles. The quantitative estimate of drug-likeness (QED) is 0.848. The zero-order chi connectivity index (χ0) is 17.6. The van der Waals surface area contributed by atoms with E-state index in [0.717, 1.165) is 49.6 Å². The SMILES string of the molecule is Cc1cc(C(=O)NCCC2CCCNC2)c(C)n1Cc1ccccc1. The lowest BCUT2D eigenvalue weighted by Crippen LogP contribution is -2.33. The Hall–Kier alpha value is -2.07. The lowest BCUT2D eigenvalue weighted by molar-refractivity contribution is 0.0950. The van der Waals surface area contributed by atoms with E-state index in [1.807, 2.05) is 19.1 Å². The van der Waals surface area contributed by atoms with E-state index in [1.165, 1.54) is 18.4 Å². The summed E-state index contributed by atoms with van der Waals surface area (Å²) in [7, 11) is 0. The fraction of sp³-hybridized carbons (Fsp3) is 0.476. The first-order valence-electron chi connectivity index (χ1n) is 9.34. The van der Waals surface area contributed by atoms with Crippen molar-refractivity contribution in [2.24, 2.45) is 5.92 Å². The Balaban J connectivity index is 1.60. The summed E-state index contributed by atoms with van der Waals surface area (Å²) in [6, 6.07) is 12.4. The molecule has 2 heterocycles. The molecular weight excluding hydrogens is 310 g/mol. The third-order valence-corrected chi connectivity index (χ3v) is 5.24. The summed E-state index contributed by atoms with van der Waals surface area (Å²) in [5, 5.41) is 6.54. The summed E-state index contributed by atoms with van der Waals surface area (Å²) in [5.74, 6) is 0.746. The molecule has 3 rings (SSSR count). The molecule has 0 bridgehead atoms. The number of carbonyl (C=O) groups excluding carboxylic acids is 1. The monoisotopic (exact) mass is 339 g/mol. The van der Waals surface area contributed by atoms with Crippen LogP contribution in [0.5, 0.6) is 0 Å². The summed E-state index contributed by atoms with van der Waals surface area (Å²) >= 11 is 0. The predicted octanol–water partition coefficient (Wildman–Crippen LogP) is 3.27. The van der Waals surface area contributed by atoms with Crippen molar-refractivity contribution < 1.29 is 4.79 Å². The van der Waals surface area contributed by atoms with Crippen LogP contribution in [0.1, 0.15) is 46.6 Å². The fourth-order valence-corrected chi connectivity index (χ4v) is 3.70. The number of piperidine rings is 1. The highest BCUT2D eigenvalue weighted by Crippen LogP contribution is 2.18. The van der Waals surface area contributed by atoms with Crippen molar-refractivity contribution in [2.75, 3.05) is 19.6 Å². The molecule has 25 heavy (non-hydrogen) atoms. The van der Waals surface area contributed by atoms with Gasteiger partial charge in [-0.1, -0.05) is 30.3 Å². The van der Waals surface area contributed by atoms with Crippen molar-refractivity contribution in [3.05, 3.63) is 58.9 Å². The molecule has 1 aromatic carbocycles. The fourth-order valence-electron chi connectivity index (χ4n) is 3.70. The number of benzene rings is 1. The molecule has 0 radical (unpaired) electrons. The third kappa shape index (κ3) is 4.51. The van der Waals surface area contributed by atoms with Crippen LogP contribution in [-0.4, -0.2) is 30.1 Å². The number of rotatable bonds is 6. The van der Waals surface area contributed by atoms with Crippen LogP contribution in [0.25, 0.3) is 0 Å². The van der Waals surface area contributed by atoms with Gasteiger partial charge in [-0.2, -0.15) is 0 Å². The topological polar surface area (TPSA) is 46.1 Å². The summed E-state index contributed by atoms with van der Waals surface area (Å²) in [6.45, 7) is 7.89. The van der Waals surface area contributed by atoms with E-state index in [9.17, 15) is 4.79 Å². The lowest BCUT2D eigenvalue weighted by atomic mass is 9.96. The molecule has 134 valence electrons. The van der Waals surface area contributed by atoms with Gasteiger partial charge in [-0.25, -0.2) is 0 Å². The molecule has 4 heteroatoms. The van der Waals surface area contributed by atoms with Crippen molar-refractivity contribution in [3.63, 3.8) is 0 Å². The smallest absolute Gasteiger partial charge is 0.253 e. The number of nitrogens with one attached hydrogen (secondary N) is 2. The molecule has 0 saturated carbocycles. The van der Waals surface area contributed by atoms with Gasteiger partial charge in [-0.3, -0.25) is 4.79 Å². The van der Waals surface area contributed by atoms with Crippen molar-refractivity contribution in [3.8, 4) is 0 Å². The predicted molar refractivity (Wildman–Crippen MR) is 102 cm³/mol. The number of carbonyl (C=O) groups is 1. The summed E-state index contributed by atoms with van der Waals surface area (Å²) in [6.07, 6.45) is 3.58. The van der Waals surface area contributed by atoms with Crippen molar-refractivity contribution in [2.45, 2.75) is 39.7 Å². The van der Waals surface area contributed by atoms with Gasteiger partial charge < -0.3 is 15.2 Å². The molecule has 1 amide bonds. The van der Waals surface area contributed by atoms with Crippen LogP contribution in [0.2, 0.25) is 0 Å². The van der Waals surface area contributed by atoms with Crippen molar-refractivity contribution >= 4 is 5.91 Å². The Morgan fingerprint density at radius 3 is 2.80 bits per heavy atom. The zero-order valence-corrected chi connectivity index (χ0v) is 15.3. The average Bonchev–Trinajstić information content (AvgIpc) is 2.92. The molecule has 0 aliphatic carbocycles. The van der Waals surface area contributed by atoms with E-state index >= 15 is 0 Å². The molecular formula is C21H29N3O. The summed E-state index contributed by atoms with van der Waals surface area (Å²) < 4.78 is 2.22. The van der Waals surface area contributed by atoms with E-state index in [2.05, 4.69) is 46.4 Å². The molecule has 0 spiro atoms. The van der Waals surface area contributed by atoms with Gasteiger partial charge in [0.15, 0.2) is 0 Å². The maximum Gasteiger partial charge on any atom is 0.253 e. The van der Waals surface area contributed by atoms with Gasteiger partial charge in [0.2, 0.25) is 0 Å². The Labute approximate surface area is 150 Å². The van der Waals surface area contributed by atoms with Crippen LogP contribution in [0, 0.1) is 19.8 Å². The van der Waals surface area contributed by atoms with Gasteiger partial charge in [0.25, 0.3) is 5.91 Å². The van der Waals surface area contributed by atoms with Crippen LogP contribution in [0.15, 0.2) is 36.4 Å². The number of amides is 1. The second kappa shape index (κ2) is 8.34. The van der Waals surface area contributed by atoms with Gasteiger partial charge in [0, 0.05) is 24.5 Å². The van der Waals surface area contributed by atoms with Gasteiger partial charge in [0.05, 0.1) is 5.56 Å². The van der Waals surface area contributed by atoms with Crippen molar-refractivity contribution in [1.29, 1.82) is 0 Å². The highest BCUT2D eigenvalue weighted by molar-refractivity contribution is 5.95. The van der Waals surface area contributed by atoms with E-state index in [0.29, 0.717) is 5.92 Å². The third-order valence-electron chi connectivity index (χ3n) is 5.24. The summed E-state index contributed by atoms with van der Waals surface area (Å²) in [5.41, 5.74) is 4.22. The zero-order valence-electron chi connectivity index (χ0n) is 15.3. The van der Waals surface area contributed by atoms with E-state index in [1.54, 1.807) is 0 Å². The van der Waals surface area contributed by atoms with Crippen LogP contribution in [-0.2, 0) is 6.54 Å². The lowest BCUT2D eigenvalue weighted by Gasteiger charge is -2.22. The van der Waals surface area contributed by atoms with Gasteiger partial charge in [-0.15, -0.1) is 0 Å². The molecule has 1 unspecified atom stereocenters. The molecule has 1 aliphatic heterocycles. The maximum absolute atomic E-state index is 12.6. The minimum Gasteiger partial charge on any atom is -0.352 e. The van der Waals surface area contributed by atoms with Crippen LogP contribution in [0.3, 0.4) is 0 Å². The molecule has 1 aliphatic rings. The minimum atomic E-state index is 0.0520. The second-order valence-electron chi connectivity index (χ2n) is 7.11. The van der Waals surface area contributed by atoms with Crippen LogP contribution in [0.4, 0.5) is 0 Å². The highest BCUT2D eigenvalue weighted by Gasteiger charge is 2.17. The van der Waals surface area contributed by atoms with Gasteiger partial charge in [0.1, 0.15) is 0 Å². The Kier molecular flexibility index (Phi) is 5.92. The highest BCUT2D eigenvalue weighted by atomic mass is 16.1. The Morgan fingerprint density at radius 1 is 1.28 bits per heavy atom. The number of hydrogen-bond donors (Lipinski definition) is 2. The summed E-state index contributed by atoms with van der Waals surface area (Å²) in [4.78, 5) is 12.6. The number of hydrogen-bond acceptors (Lipinski definition) is 2. The van der Waals surface area contributed by atoms with E-state index in [4.69, 9.17) is 0 Å².